The summed E-state index contributed by atoms with van der Waals surface area (Å²) >= 11 is 0. The quantitative estimate of drug-likeness (QED) is 0.823. The van der Waals surface area contributed by atoms with Gasteiger partial charge in [-0.3, -0.25) is 0 Å². The Morgan fingerprint density at radius 3 is 2.74 bits per heavy atom. The molecule has 2 aromatic rings. The topological polar surface area (TPSA) is 62.7 Å². The van der Waals surface area contributed by atoms with Gasteiger partial charge >= 0.3 is 0 Å². The van der Waals surface area contributed by atoms with Crippen LogP contribution in [0, 0.1) is 24.2 Å². The molecule has 1 atom stereocenters. The van der Waals surface area contributed by atoms with E-state index in [2.05, 4.69) is 47.4 Å². The summed E-state index contributed by atoms with van der Waals surface area (Å²) < 4.78 is 5.21. The second-order valence-electron chi connectivity index (χ2n) is 4.94. The van der Waals surface area contributed by atoms with Gasteiger partial charge in [0.15, 0.2) is 5.82 Å². The van der Waals surface area contributed by atoms with Gasteiger partial charge in [-0.25, -0.2) is 0 Å². The van der Waals surface area contributed by atoms with E-state index in [1.54, 1.807) is 0 Å². The number of nitrogens with zero attached hydrogens (tertiary/aromatic N) is 3. The van der Waals surface area contributed by atoms with Gasteiger partial charge in [0.2, 0.25) is 5.89 Å². The third-order valence-electron chi connectivity index (χ3n) is 2.96. The summed E-state index contributed by atoms with van der Waals surface area (Å²) in [4.78, 5) is 4.36. The fourth-order valence-corrected chi connectivity index (χ4v) is 1.86. The summed E-state index contributed by atoms with van der Waals surface area (Å²) in [7, 11) is 0. The molecule has 0 aliphatic rings. The van der Waals surface area contributed by atoms with Crippen LogP contribution in [0.2, 0.25) is 0 Å². The third kappa shape index (κ3) is 3.92. The fourth-order valence-electron chi connectivity index (χ4n) is 1.86. The second-order valence-corrected chi connectivity index (χ2v) is 4.94. The van der Waals surface area contributed by atoms with Crippen molar-refractivity contribution in [2.45, 2.75) is 33.1 Å². The first-order chi connectivity index (χ1) is 9.17. The zero-order valence-electron chi connectivity index (χ0n) is 11.3. The van der Waals surface area contributed by atoms with Crippen molar-refractivity contribution in [3.63, 3.8) is 0 Å². The number of aromatic nitrogens is 2. The molecule has 0 N–H and O–H groups in total. The second kappa shape index (κ2) is 6.14. The van der Waals surface area contributed by atoms with Gasteiger partial charge in [-0.1, -0.05) is 41.9 Å². The Morgan fingerprint density at radius 2 is 2.05 bits per heavy atom. The molecule has 2 rings (SSSR count). The lowest BCUT2D eigenvalue weighted by Crippen LogP contribution is -1.99. The van der Waals surface area contributed by atoms with E-state index in [4.69, 9.17) is 9.78 Å². The molecule has 1 heterocycles. The van der Waals surface area contributed by atoms with E-state index in [1.165, 1.54) is 11.1 Å². The van der Waals surface area contributed by atoms with Crippen molar-refractivity contribution in [2.75, 3.05) is 0 Å². The minimum absolute atomic E-state index is 0.248. The van der Waals surface area contributed by atoms with Crippen LogP contribution in [0.25, 0.3) is 0 Å². The zero-order valence-corrected chi connectivity index (χ0v) is 11.3. The molecule has 19 heavy (non-hydrogen) atoms. The molecule has 0 spiro atoms. The molecule has 1 aromatic carbocycles. The monoisotopic (exact) mass is 255 g/mol. The van der Waals surface area contributed by atoms with Gasteiger partial charge in [-0.2, -0.15) is 10.2 Å². The summed E-state index contributed by atoms with van der Waals surface area (Å²) in [6, 6.07) is 10.4. The van der Waals surface area contributed by atoms with Crippen LogP contribution in [0.15, 0.2) is 28.8 Å². The highest BCUT2D eigenvalue weighted by Crippen LogP contribution is 2.12. The molecule has 0 bridgehead atoms. The maximum Gasteiger partial charge on any atom is 0.226 e. The molecule has 4 heteroatoms. The van der Waals surface area contributed by atoms with Crippen molar-refractivity contribution in [1.82, 2.24) is 10.1 Å². The molecule has 1 aromatic heterocycles. The van der Waals surface area contributed by atoms with Crippen LogP contribution in [0.1, 0.15) is 36.2 Å². The van der Waals surface area contributed by atoms with Crippen LogP contribution in [-0.4, -0.2) is 10.1 Å². The Balaban J connectivity index is 1.97. The summed E-state index contributed by atoms with van der Waals surface area (Å²) in [6.07, 6.45) is 1.85. The van der Waals surface area contributed by atoms with Gasteiger partial charge < -0.3 is 4.52 Å². The largest absolute Gasteiger partial charge is 0.339 e. The van der Waals surface area contributed by atoms with Gasteiger partial charge in [0.1, 0.15) is 0 Å². The number of benzene rings is 1. The van der Waals surface area contributed by atoms with E-state index >= 15 is 0 Å². The van der Waals surface area contributed by atoms with Crippen LogP contribution < -0.4 is 0 Å². The smallest absolute Gasteiger partial charge is 0.226 e. The van der Waals surface area contributed by atoms with E-state index in [-0.39, 0.29) is 5.92 Å². The lowest BCUT2D eigenvalue weighted by Gasteiger charge is -2.00. The van der Waals surface area contributed by atoms with Crippen molar-refractivity contribution < 1.29 is 4.52 Å². The lowest BCUT2D eigenvalue weighted by atomic mass is 10.1. The predicted octanol–water partition coefficient (Wildman–Crippen LogP) is 3.06. The molecule has 0 aliphatic carbocycles. The Labute approximate surface area is 113 Å². The van der Waals surface area contributed by atoms with E-state index < -0.39 is 0 Å². The molecule has 4 nitrogen and oxygen atoms in total. The molecule has 0 radical (unpaired) electrons. The van der Waals surface area contributed by atoms with Gasteiger partial charge in [0, 0.05) is 19.3 Å². The molecular weight excluding hydrogens is 238 g/mol. The standard InChI is InChI=1S/C15H17N3O/c1-11-3-5-13(6-4-11)10-14-17-15(19-18-14)9-12(2)7-8-16/h3-6,12H,7,9-10H2,1-2H3. The summed E-state index contributed by atoms with van der Waals surface area (Å²) in [5.74, 6) is 1.56. The highest BCUT2D eigenvalue weighted by atomic mass is 16.5. The van der Waals surface area contributed by atoms with Gasteiger partial charge in [-0.15, -0.1) is 0 Å². The van der Waals surface area contributed by atoms with E-state index in [9.17, 15) is 0 Å². The number of aryl methyl sites for hydroxylation is 1. The molecular formula is C15H17N3O. The van der Waals surface area contributed by atoms with Gasteiger partial charge in [0.25, 0.3) is 0 Å². The van der Waals surface area contributed by atoms with E-state index in [1.807, 2.05) is 6.92 Å². The average Bonchev–Trinajstić information content (AvgIpc) is 2.80. The molecule has 0 aliphatic heterocycles. The molecule has 0 saturated heterocycles. The first kappa shape index (κ1) is 13.3. The summed E-state index contributed by atoms with van der Waals surface area (Å²) in [6.45, 7) is 4.07. The predicted molar refractivity (Wildman–Crippen MR) is 71.4 cm³/mol. The highest BCUT2D eigenvalue weighted by molar-refractivity contribution is 5.23. The van der Waals surface area contributed by atoms with Crippen molar-refractivity contribution >= 4 is 0 Å². The third-order valence-corrected chi connectivity index (χ3v) is 2.96. The van der Waals surface area contributed by atoms with Crippen molar-refractivity contribution in [3.05, 3.63) is 47.1 Å². The average molecular weight is 255 g/mol. The molecule has 0 fully saturated rings. The summed E-state index contributed by atoms with van der Waals surface area (Å²) in [5.41, 5.74) is 2.41. The van der Waals surface area contributed by atoms with Crippen molar-refractivity contribution in [2.24, 2.45) is 5.92 Å². The Kier molecular flexibility index (Phi) is 4.30. The molecule has 98 valence electrons. The maximum atomic E-state index is 8.62. The normalized spacial score (nSPS) is 12.1. The lowest BCUT2D eigenvalue weighted by molar-refractivity contribution is 0.355. The van der Waals surface area contributed by atoms with Gasteiger partial charge in [0.05, 0.1) is 6.07 Å². The number of rotatable bonds is 5. The Hall–Kier alpha value is -2.15. The summed E-state index contributed by atoms with van der Waals surface area (Å²) in [5, 5.41) is 12.6. The van der Waals surface area contributed by atoms with Crippen LogP contribution in [0.4, 0.5) is 0 Å². The van der Waals surface area contributed by atoms with Crippen molar-refractivity contribution in [3.8, 4) is 6.07 Å². The molecule has 0 amide bonds. The number of hydrogen-bond acceptors (Lipinski definition) is 4. The zero-order chi connectivity index (χ0) is 13.7. The maximum absolute atomic E-state index is 8.62. The number of nitriles is 1. The first-order valence-electron chi connectivity index (χ1n) is 6.41. The highest BCUT2D eigenvalue weighted by Gasteiger charge is 2.11. The fraction of sp³-hybridized carbons (Fsp3) is 0.400. The van der Waals surface area contributed by atoms with E-state index in [0.717, 1.165) is 0 Å². The first-order valence-corrected chi connectivity index (χ1v) is 6.41. The Morgan fingerprint density at radius 1 is 1.32 bits per heavy atom. The minimum Gasteiger partial charge on any atom is -0.339 e. The SMILES string of the molecule is Cc1ccc(Cc2noc(CC(C)CC#N)n2)cc1. The number of hydrogen-bond donors (Lipinski definition) is 0. The van der Waals surface area contributed by atoms with Crippen LogP contribution in [0.3, 0.4) is 0 Å². The van der Waals surface area contributed by atoms with Gasteiger partial charge in [-0.05, 0) is 18.4 Å². The van der Waals surface area contributed by atoms with Crippen LogP contribution in [-0.2, 0) is 12.8 Å². The molecule has 0 saturated carbocycles. The Bertz CT molecular complexity index is 566. The molecule has 1 unspecified atom stereocenters. The van der Waals surface area contributed by atoms with Crippen LogP contribution in [0.5, 0.6) is 0 Å². The van der Waals surface area contributed by atoms with Crippen molar-refractivity contribution in [1.29, 1.82) is 5.26 Å². The van der Waals surface area contributed by atoms with E-state index in [0.29, 0.717) is 31.0 Å². The minimum atomic E-state index is 0.248. The van der Waals surface area contributed by atoms with Crippen LogP contribution >= 0.6 is 0 Å².